The fraction of sp³-hybridized carbons (Fsp3) is 0.300. The molecule has 1 aromatic carbocycles. The lowest BCUT2D eigenvalue weighted by molar-refractivity contribution is 0.0376. The number of aromatic nitrogens is 2. The number of hydrogen-bond acceptors (Lipinski definition) is 7. The summed E-state index contributed by atoms with van der Waals surface area (Å²) in [5, 5.41) is 8.88. The number of halogens is 1. The molecule has 0 saturated carbocycles. The van der Waals surface area contributed by atoms with Crippen LogP contribution in [0.3, 0.4) is 0 Å². The Morgan fingerprint density at radius 1 is 1.32 bits per heavy atom. The third-order valence-corrected chi connectivity index (χ3v) is 4.83. The van der Waals surface area contributed by atoms with Gasteiger partial charge < -0.3 is 14.2 Å². The summed E-state index contributed by atoms with van der Waals surface area (Å²) in [5.41, 5.74) is 1.51. The smallest absolute Gasteiger partial charge is 0.342 e. The van der Waals surface area contributed by atoms with Gasteiger partial charge in [-0.25, -0.2) is 9.18 Å². The minimum Gasteiger partial charge on any atom is -0.491 e. The van der Waals surface area contributed by atoms with Gasteiger partial charge in [-0.1, -0.05) is 13.0 Å². The van der Waals surface area contributed by atoms with E-state index in [9.17, 15) is 9.18 Å². The van der Waals surface area contributed by atoms with Gasteiger partial charge in [0, 0.05) is 12.3 Å². The van der Waals surface area contributed by atoms with Gasteiger partial charge in [0.25, 0.3) is 0 Å². The minimum absolute atomic E-state index is 0.00604. The van der Waals surface area contributed by atoms with Crippen molar-refractivity contribution in [1.29, 1.82) is 5.26 Å². The quantitative estimate of drug-likeness (QED) is 0.751. The second kappa shape index (κ2) is 6.93. The van der Waals surface area contributed by atoms with Crippen LogP contribution in [0, 0.1) is 23.1 Å². The molecule has 8 heteroatoms. The lowest BCUT2D eigenvalue weighted by Crippen LogP contribution is -2.14. The van der Waals surface area contributed by atoms with Gasteiger partial charge in [-0.15, -0.1) is 0 Å². The van der Waals surface area contributed by atoms with Crippen LogP contribution < -0.4 is 4.74 Å². The fourth-order valence-electron chi connectivity index (χ4n) is 3.37. The monoisotopic (exact) mass is 381 g/mol. The first-order valence-corrected chi connectivity index (χ1v) is 8.69. The summed E-state index contributed by atoms with van der Waals surface area (Å²) in [6.07, 6.45) is 2.28. The maximum absolute atomic E-state index is 14.3. The van der Waals surface area contributed by atoms with E-state index < -0.39 is 24.0 Å². The van der Waals surface area contributed by atoms with Crippen molar-refractivity contribution >= 4 is 5.97 Å². The van der Waals surface area contributed by atoms with E-state index in [-0.39, 0.29) is 29.5 Å². The molecular weight excluding hydrogens is 365 g/mol. The largest absolute Gasteiger partial charge is 0.491 e. The second-order valence-corrected chi connectivity index (χ2v) is 6.62. The number of carbonyl (C=O) groups is 1. The van der Waals surface area contributed by atoms with Gasteiger partial charge in [0.1, 0.15) is 35.0 Å². The summed E-state index contributed by atoms with van der Waals surface area (Å²) in [7, 11) is 1.43. The summed E-state index contributed by atoms with van der Waals surface area (Å²) in [4.78, 5) is 21.2. The van der Waals surface area contributed by atoms with E-state index >= 15 is 0 Å². The molecule has 0 aliphatic carbocycles. The van der Waals surface area contributed by atoms with Crippen molar-refractivity contribution in [3.8, 4) is 12.1 Å². The zero-order valence-corrected chi connectivity index (χ0v) is 15.2. The zero-order chi connectivity index (χ0) is 19.8. The van der Waals surface area contributed by atoms with Crippen molar-refractivity contribution in [1.82, 2.24) is 9.97 Å². The van der Waals surface area contributed by atoms with Crippen LogP contribution in [0.2, 0.25) is 0 Å². The van der Waals surface area contributed by atoms with E-state index in [1.165, 1.54) is 19.2 Å². The Bertz CT molecular complexity index is 1030. The SMILES string of the molecule is COc1nc2c(c(C3OC=CC3C)n1)C(=O)OC2Cc1ccc(C#N)cc1F. The summed E-state index contributed by atoms with van der Waals surface area (Å²) >= 11 is 0. The number of carbonyl (C=O) groups excluding carboxylic acids is 1. The predicted octanol–water partition coefficient (Wildman–Crippen LogP) is 3.17. The van der Waals surface area contributed by atoms with Gasteiger partial charge in [0.2, 0.25) is 0 Å². The number of cyclic esters (lactones) is 1. The number of nitrogens with zero attached hydrogens (tertiary/aromatic N) is 3. The average Bonchev–Trinajstić information content (AvgIpc) is 3.26. The molecule has 3 heterocycles. The van der Waals surface area contributed by atoms with Crippen LogP contribution in [-0.4, -0.2) is 23.0 Å². The zero-order valence-electron chi connectivity index (χ0n) is 15.2. The van der Waals surface area contributed by atoms with Crippen LogP contribution in [-0.2, 0) is 15.9 Å². The number of benzene rings is 1. The average molecular weight is 381 g/mol. The number of ether oxygens (including phenoxy) is 3. The first-order chi connectivity index (χ1) is 13.5. The third-order valence-electron chi connectivity index (χ3n) is 4.83. The topological polar surface area (TPSA) is 94.3 Å². The van der Waals surface area contributed by atoms with Crippen molar-refractivity contribution in [3.05, 3.63) is 64.4 Å². The van der Waals surface area contributed by atoms with Crippen molar-refractivity contribution in [2.45, 2.75) is 25.6 Å². The van der Waals surface area contributed by atoms with Crippen LogP contribution in [0.15, 0.2) is 30.5 Å². The maximum Gasteiger partial charge on any atom is 0.342 e. The van der Waals surface area contributed by atoms with E-state index in [4.69, 9.17) is 19.5 Å². The minimum atomic E-state index is -0.787. The summed E-state index contributed by atoms with van der Waals surface area (Å²) in [5.74, 6) is -1.11. The number of esters is 1. The van der Waals surface area contributed by atoms with Gasteiger partial charge in [-0.05, 0) is 23.8 Å². The number of fused-ring (bicyclic) bond motifs is 1. The summed E-state index contributed by atoms with van der Waals surface area (Å²) in [6, 6.07) is 6.14. The van der Waals surface area contributed by atoms with Crippen LogP contribution in [0.1, 0.15) is 52.0 Å². The Balaban J connectivity index is 1.74. The first-order valence-electron chi connectivity index (χ1n) is 8.69. The molecule has 3 unspecified atom stereocenters. The third kappa shape index (κ3) is 2.95. The molecule has 2 aliphatic rings. The van der Waals surface area contributed by atoms with Gasteiger partial charge in [-0.2, -0.15) is 15.2 Å². The van der Waals surface area contributed by atoms with Gasteiger partial charge in [0.15, 0.2) is 0 Å². The molecule has 7 nitrogen and oxygen atoms in total. The molecule has 2 aliphatic heterocycles. The first kappa shape index (κ1) is 17.9. The summed E-state index contributed by atoms with van der Waals surface area (Å²) in [6.45, 7) is 1.94. The van der Waals surface area contributed by atoms with Crippen molar-refractivity contribution in [3.63, 3.8) is 0 Å². The van der Waals surface area contributed by atoms with Crippen LogP contribution in [0.5, 0.6) is 6.01 Å². The number of nitriles is 1. The molecule has 0 spiro atoms. The molecule has 1 aromatic heterocycles. The maximum atomic E-state index is 14.3. The Hall–Kier alpha value is -3.47. The molecule has 0 amide bonds. The lowest BCUT2D eigenvalue weighted by atomic mass is 9.96. The lowest BCUT2D eigenvalue weighted by Gasteiger charge is -2.17. The highest BCUT2D eigenvalue weighted by molar-refractivity contribution is 5.94. The molecule has 142 valence electrons. The van der Waals surface area contributed by atoms with Crippen LogP contribution >= 0.6 is 0 Å². The van der Waals surface area contributed by atoms with E-state index in [0.717, 1.165) is 6.07 Å². The standard InChI is InChI=1S/C20H16FN3O4/c1-10-5-6-27-18(10)17-15-16(23-20(24-17)26-2)14(28-19(15)25)8-12-4-3-11(9-22)7-13(12)21/h3-7,10,14,18H,8H2,1-2H3. The van der Waals surface area contributed by atoms with Crippen LogP contribution in [0.25, 0.3) is 0 Å². The Morgan fingerprint density at radius 2 is 2.11 bits per heavy atom. The second-order valence-electron chi connectivity index (χ2n) is 6.62. The highest BCUT2D eigenvalue weighted by atomic mass is 19.1. The molecule has 0 bridgehead atoms. The molecule has 4 rings (SSSR count). The Labute approximate surface area is 160 Å². The van der Waals surface area contributed by atoms with E-state index in [0.29, 0.717) is 17.0 Å². The molecule has 0 fully saturated rings. The van der Waals surface area contributed by atoms with E-state index in [2.05, 4.69) is 9.97 Å². The molecule has 2 aromatic rings. The normalized spacial score (nSPS) is 22.4. The van der Waals surface area contributed by atoms with Crippen LogP contribution in [0.4, 0.5) is 4.39 Å². The molecule has 28 heavy (non-hydrogen) atoms. The van der Waals surface area contributed by atoms with Gasteiger partial charge in [0.05, 0.1) is 25.0 Å². The highest BCUT2D eigenvalue weighted by Crippen LogP contribution is 2.40. The highest BCUT2D eigenvalue weighted by Gasteiger charge is 2.41. The number of hydrogen-bond donors (Lipinski definition) is 0. The predicted molar refractivity (Wildman–Crippen MR) is 93.7 cm³/mol. The molecule has 0 saturated heterocycles. The summed E-state index contributed by atoms with van der Waals surface area (Å²) < 4.78 is 30.6. The van der Waals surface area contributed by atoms with Crippen molar-refractivity contribution in [2.75, 3.05) is 7.11 Å². The Morgan fingerprint density at radius 3 is 2.75 bits per heavy atom. The molecule has 0 N–H and O–H groups in total. The Kier molecular flexibility index (Phi) is 4.43. The fourth-order valence-corrected chi connectivity index (χ4v) is 3.37. The number of rotatable bonds is 4. The molecule has 0 radical (unpaired) electrons. The van der Waals surface area contributed by atoms with Crippen molar-refractivity contribution < 1.29 is 23.4 Å². The van der Waals surface area contributed by atoms with Crippen molar-refractivity contribution in [2.24, 2.45) is 5.92 Å². The van der Waals surface area contributed by atoms with E-state index in [1.807, 2.05) is 19.1 Å². The molecular formula is C20H16FN3O4. The molecule has 3 atom stereocenters. The van der Waals surface area contributed by atoms with E-state index in [1.54, 1.807) is 6.26 Å². The number of methoxy groups -OCH3 is 1. The van der Waals surface area contributed by atoms with Gasteiger partial charge in [-0.3, -0.25) is 0 Å². The van der Waals surface area contributed by atoms with Gasteiger partial charge >= 0.3 is 12.0 Å².